The fraction of sp³-hybridized carbons (Fsp3) is 0.667. The molecule has 1 aliphatic heterocycles. The van der Waals surface area contributed by atoms with Crippen LogP contribution in [0.15, 0.2) is 11.1 Å². The number of amides is 2. The lowest BCUT2D eigenvalue weighted by Crippen LogP contribution is -2.28. The van der Waals surface area contributed by atoms with Crippen molar-refractivity contribution in [2.45, 2.75) is 39.5 Å². The first-order valence-corrected chi connectivity index (χ1v) is 5.47. The molecule has 15 heavy (non-hydrogen) atoms. The van der Waals surface area contributed by atoms with E-state index in [0.29, 0.717) is 0 Å². The molecule has 2 rings (SSSR count). The highest BCUT2D eigenvalue weighted by Gasteiger charge is 2.39. The summed E-state index contributed by atoms with van der Waals surface area (Å²) in [6.07, 6.45) is 3.62. The highest BCUT2D eigenvalue weighted by Crippen LogP contribution is 2.40. The smallest absolute Gasteiger partial charge is 0.256 e. The van der Waals surface area contributed by atoms with Crippen LogP contribution in [0.1, 0.15) is 39.5 Å². The summed E-state index contributed by atoms with van der Waals surface area (Å²) in [6.45, 7) is 4.33. The molecule has 0 aromatic carbocycles. The Bertz CT molecular complexity index is 366. The van der Waals surface area contributed by atoms with Crippen LogP contribution >= 0.6 is 0 Å². The summed E-state index contributed by atoms with van der Waals surface area (Å²) in [6, 6.07) is 0. The van der Waals surface area contributed by atoms with Gasteiger partial charge in [0.25, 0.3) is 11.8 Å². The van der Waals surface area contributed by atoms with Gasteiger partial charge in [0.2, 0.25) is 0 Å². The van der Waals surface area contributed by atoms with Crippen LogP contribution in [0.25, 0.3) is 0 Å². The molecule has 0 bridgehead atoms. The number of carbonyl (C=O) groups is 2. The van der Waals surface area contributed by atoms with Crippen LogP contribution in [0.3, 0.4) is 0 Å². The van der Waals surface area contributed by atoms with Gasteiger partial charge in [-0.25, -0.2) is 0 Å². The summed E-state index contributed by atoms with van der Waals surface area (Å²) < 4.78 is 0. The number of rotatable bonds is 0. The lowest BCUT2D eigenvalue weighted by molar-refractivity contribution is -0.136. The number of imide groups is 1. The first-order valence-electron chi connectivity index (χ1n) is 5.47. The van der Waals surface area contributed by atoms with Gasteiger partial charge in [-0.05, 0) is 31.1 Å². The van der Waals surface area contributed by atoms with E-state index in [9.17, 15) is 9.59 Å². The van der Waals surface area contributed by atoms with E-state index in [-0.39, 0.29) is 17.2 Å². The minimum Gasteiger partial charge on any atom is -0.278 e. The van der Waals surface area contributed by atoms with Gasteiger partial charge >= 0.3 is 0 Å². The molecule has 0 unspecified atom stereocenters. The van der Waals surface area contributed by atoms with Gasteiger partial charge in [0.15, 0.2) is 0 Å². The second-order valence-corrected chi connectivity index (χ2v) is 5.32. The normalized spacial score (nSPS) is 25.7. The third-order valence-corrected chi connectivity index (χ3v) is 3.43. The van der Waals surface area contributed by atoms with E-state index in [1.165, 1.54) is 4.90 Å². The van der Waals surface area contributed by atoms with Crippen molar-refractivity contribution < 1.29 is 9.59 Å². The van der Waals surface area contributed by atoms with Crippen molar-refractivity contribution in [2.24, 2.45) is 5.41 Å². The largest absolute Gasteiger partial charge is 0.278 e. The topological polar surface area (TPSA) is 37.4 Å². The van der Waals surface area contributed by atoms with Crippen molar-refractivity contribution in [2.75, 3.05) is 7.05 Å². The summed E-state index contributed by atoms with van der Waals surface area (Å²) in [5.74, 6) is -0.155. The number of likely N-dealkylation sites (N-methyl/N-ethyl adjacent to an activating group) is 1. The minimum atomic E-state index is -0.0787. The quantitative estimate of drug-likeness (QED) is 0.569. The fourth-order valence-corrected chi connectivity index (χ4v) is 2.51. The molecule has 0 atom stereocenters. The number of hydrogen-bond donors (Lipinski definition) is 0. The predicted molar refractivity (Wildman–Crippen MR) is 57.1 cm³/mol. The van der Waals surface area contributed by atoms with Gasteiger partial charge in [0.05, 0.1) is 0 Å². The van der Waals surface area contributed by atoms with Crippen LogP contribution in [-0.4, -0.2) is 23.8 Å². The monoisotopic (exact) mass is 207 g/mol. The van der Waals surface area contributed by atoms with Gasteiger partial charge in [-0.15, -0.1) is 0 Å². The molecule has 0 spiro atoms. The maximum atomic E-state index is 11.8. The van der Waals surface area contributed by atoms with E-state index in [4.69, 9.17) is 0 Å². The third kappa shape index (κ3) is 1.60. The highest BCUT2D eigenvalue weighted by atomic mass is 16.2. The van der Waals surface area contributed by atoms with Crippen LogP contribution in [0.5, 0.6) is 0 Å². The predicted octanol–water partition coefficient (Wildman–Crippen LogP) is 1.88. The Morgan fingerprint density at radius 2 is 1.73 bits per heavy atom. The second-order valence-electron chi connectivity index (χ2n) is 5.32. The Morgan fingerprint density at radius 1 is 1.13 bits per heavy atom. The average Bonchev–Trinajstić information content (AvgIpc) is 2.35. The molecule has 0 aromatic heterocycles. The Kier molecular flexibility index (Phi) is 2.21. The minimum absolute atomic E-state index is 0.0762. The van der Waals surface area contributed by atoms with E-state index in [0.717, 1.165) is 36.8 Å². The summed E-state index contributed by atoms with van der Waals surface area (Å²) >= 11 is 0. The third-order valence-electron chi connectivity index (χ3n) is 3.43. The first kappa shape index (κ1) is 10.4. The molecule has 3 heteroatoms. The van der Waals surface area contributed by atoms with E-state index in [1.807, 2.05) is 0 Å². The van der Waals surface area contributed by atoms with E-state index in [2.05, 4.69) is 13.8 Å². The fourth-order valence-electron chi connectivity index (χ4n) is 2.51. The SMILES string of the molecule is CN1C(=O)C2=C(CC(C)(C)CCC2)C1=O. The molecular formula is C12H17NO2. The van der Waals surface area contributed by atoms with Crippen molar-refractivity contribution in [3.63, 3.8) is 0 Å². The summed E-state index contributed by atoms with van der Waals surface area (Å²) in [7, 11) is 1.58. The Morgan fingerprint density at radius 3 is 2.40 bits per heavy atom. The number of nitrogens with zero attached hydrogens (tertiary/aromatic N) is 1. The van der Waals surface area contributed by atoms with Gasteiger partial charge in [-0.2, -0.15) is 0 Å². The van der Waals surface area contributed by atoms with E-state index < -0.39 is 0 Å². The summed E-state index contributed by atoms with van der Waals surface area (Å²) in [5, 5.41) is 0. The Hall–Kier alpha value is -1.12. The number of hydrogen-bond acceptors (Lipinski definition) is 2. The van der Waals surface area contributed by atoms with Gasteiger partial charge in [-0.3, -0.25) is 14.5 Å². The molecule has 2 aliphatic rings. The molecule has 0 saturated heterocycles. The molecule has 82 valence electrons. The molecule has 0 fully saturated rings. The maximum absolute atomic E-state index is 11.8. The van der Waals surface area contributed by atoms with Gasteiger partial charge < -0.3 is 0 Å². The average molecular weight is 207 g/mol. The maximum Gasteiger partial charge on any atom is 0.256 e. The van der Waals surface area contributed by atoms with Crippen molar-refractivity contribution in [1.29, 1.82) is 0 Å². The molecule has 2 amide bonds. The summed E-state index contributed by atoms with van der Waals surface area (Å²) in [5.41, 5.74) is 1.69. The van der Waals surface area contributed by atoms with Gasteiger partial charge in [0, 0.05) is 18.2 Å². The van der Waals surface area contributed by atoms with Crippen LogP contribution in [0, 0.1) is 5.41 Å². The lowest BCUT2D eigenvalue weighted by Gasteiger charge is -2.23. The van der Waals surface area contributed by atoms with E-state index in [1.54, 1.807) is 7.05 Å². The Balaban J connectivity index is 2.39. The first-order chi connectivity index (χ1) is 6.92. The molecule has 3 nitrogen and oxygen atoms in total. The van der Waals surface area contributed by atoms with Crippen molar-refractivity contribution in [1.82, 2.24) is 4.90 Å². The molecular weight excluding hydrogens is 190 g/mol. The zero-order valence-corrected chi connectivity index (χ0v) is 9.59. The second kappa shape index (κ2) is 3.19. The van der Waals surface area contributed by atoms with Gasteiger partial charge in [-0.1, -0.05) is 13.8 Å². The van der Waals surface area contributed by atoms with Crippen molar-refractivity contribution in [3.05, 3.63) is 11.1 Å². The van der Waals surface area contributed by atoms with Crippen LogP contribution < -0.4 is 0 Å². The van der Waals surface area contributed by atoms with Crippen LogP contribution in [0.4, 0.5) is 0 Å². The molecule has 1 heterocycles. The molecule has 0 radical (unpaired) electrons. The number of carbonyl (C=O) groups excluding carboxylic acids is 2. The zero-order chi connectivity index (χ0) is 11.2. The standard InChI is InChI=1S/C12H17NO2/c1-12(2)6-4-5-8-9(7-12)11(15)13(3)10(8)14/h4-7H2,1-3H3. The van der Waals surface area contributed by atoms with Crippen LogP contribution in [0.2, 0.25) is 0 Å². The zero-order valence-electron chi connectivity index (χ0n) is 9.59. The molecule has 1 aliphatic carbocycles. The molecule has 0 N–H and O–H groups in total. The van der Waals surface area contributed by atoms with Crippen LogP contribution in [-0.2, 0) is 9.59 Å². The Labute approximate surface area is 90.1 Å². The lowest BCUT2D eigenvalue weighted by atomic mass is 9.83. The molecule has 0 aromatic rings. The summed E-state index contributed by atoms with van der Waals surface area (Å²) in [4.78, 5) is 24.9. The van der Waals surface area contributed by atoms with E-state index >= 15 is 0 Å². The van der Waals surface area contributed by atoms with Gasteiger partial charge in [0.1, 0.15) is 0 Å². The molecule has 0 saturated carbocycles. The van der Waals surface area contributed by atoms with Crippen molar-refractivity contribution >= 4 is 11.8 Å². The van der Waals surface area contributed by atoms with Crippen molar-refractivity contribution in [3.8, 4) is 0 Å². The highest BCUT2D eigenvalue weighted by molar-refractivity contribution is 6.19.